The highest BCUT2D eigenvalue weighted by molar-refractivity contribution is 5.61. The molecule has 0 spiro atoms. The average Bonchev–Trinajstić information content (AvgIpc) is 2.30. The number of pyridine rings is 1. The number of nitrogens with one attached hydrogen (secondary N) is 1. The number of hydrogen-bond acceptors (Lipinski definition) is 2. The van der Waals surface area contributed by atoms with E-state index in [9.17, 15) is 0 Å². The maximum atomic E-state index is 4.56. The van der Waals surface area contributed by atoms with Crippen LogP contribution in [0.2, 0.25) is 0 Å². The van der Waals surface area contributed by atoms with Gasteiger partial charge in [0, 0.05) is 24.2 Å². The molecule has 2 atom stereocenters. The molecular weight excluding hydrogens is 196 g/mol. The van der Waals surface area contributed by atoms with Gasteiger partial charge in [0.05, 0.1) is 11.7 Å². The second-order valence-electron chi connectivity index (χ2n) is 4.65. The minimum absolute atomic E-state index is 0.366. The SMILES string of the molecule is CC1=CCNC2c3nccc(C)c3C=CC12. The van der Waals surface area contributed by atoms with Crippen molar-refractivity contribution in [3.8, 4) is 0 Å². The Morgan fingerprint density at radius 1 is 1.38 bits per heavy atom. The van der Waals surface area contributed by atoms with Crippen molar-refractivity contribution in [1.82, 2.24) is 10.3 Å². The third-order valence-corrected chi connectivity index (χ3v) is 3.65. The molecule has 0 radical (unpaired) electrons. The molecule has 2 heterocycles. The van der Waals surface area contributed by atoms with Gasteiger partial charge >= 0.3 is 0 Å². The molecule has 1 N–H and O–H groups in total. The van der Waals surface area contributed by atoms with E-state index >= 15 is 0 Å². The summed E-state index contributed by atoms with van der Waals surface area (Å²) in [6, 6.07) is 2.44. The van der Waals surface area contributed by atoms with E-state index in [0.29, 0.717) is 12.0 Å². The molecule has 1 aromatic heterocycles. The number of aromatic nitrogens is 1. The first-order chi connectivity index (χ1) is 7.77. The van der Waals surface area contributed by atoms with Gasteiger partial charge in [0.1, 0.15) is 0 Å². The lowest BCUT2D eigenvalue weighted by Gasteiger charge is -2.34. The quantitative estimate of drug-likeness (QED) is 0.669. The van der Waals surface area contributed by atoms with Gasteiger partial charge in [0.2, 0.25) is 0 Å². The monoisotopic (exact) mass is 212 g/mol. The van der Waals surface area contributed by atoms with Crippen molar-refractivity contribution < 1.29 is 0 Å². The molecule has 0 fully saturated rings. The molecule has 2 heteroatoms. The Balaban J connectivity index is 2.14. The van der Waals surface area contributed by atoms with E-state index in [0.717, 1.165) is 6.54 Å². The van der Waals surface area contributed by atoms with Crippen LogP contribution in [-0.2, 0) is 0 Å². The summed E-state index contributed by atoms with van der Waals surface area (Å²) in [7, 11) is 0. The highest BCUT2D eigenvalue weighted by Crippen LogP contribution is 2.37. The summed E-state index contributed by atoms with van der Waals surface area (Å²) in [5, 5.41) is 3.54. The van der Waals surface area contributed by atoms with E-state index in [1.807, 2.05) is 6.20 Å². The van der Waals surface area contributed by atoms with Gasteiger partial charge < -0.3 is 5.32 Å². The van der Waals surface area contributed by atoms with Crippen molar-refractivity contribution in [2.75, 3.05) is 6.54 Å². The number of nitrogens with zero attached hydrogens (tertiary/aromatic N) is 1. The van der Waals surface area contributed by atoms with E-state index in [-0.39, 0.29) is 0 Å². The summed E-state index contributed by atoms with van der Waals surface area (Å²) in [6.45, 7) is 5.32. The number of rotatable bonds is 0. The predicted octanol–water partition coefficient (Wildman–Crippen LogP) is 2.62. The van der Waals surface area contributed by atoms with Crippen LogP contribution < -0.4 is 5.32 Å². The molecule has 1 aliphatic heterocycles. The Labute approximate surface area is 96.1 Å². The van der Waals surface area contributed by atoms with Crippen molar-refractivity contribution in [2.45, 2.75) is 19.9 Å². The minimum Gasteiger partial charge on any atom is -0.304 e. The Morgan fingerprint density at radius 2 is 2.25 bits per heavy atom. The van der Waals surface area contributed by atoms with E-state index < -0.39 is 0 Å². The molecule has 1 aliphatic carbocycles. The molecule has 0 aromatic carbocycles. The number of aryl methyl sites for hydroxylation is 1. The Kier molecular flexibility index (Phi) is 2.18. The van der Waals surface area contributed by atoms with Crippen molar-refractivity contribution in [1.29, 1.82) is 0 Å². The van der Waals surface area contributed by atoms with Crippen LogP contribution in [0.5, 0.6) is 0 Å². The highest BCUT2D eigenvalue weighted by Gasteiger charge is 2.30. The fourth-order valence-corrected chi connectivity index (χ4v) is 2.66. The van der Waals surface area contributed by atoms with Crippen LogP contribution in [0.15, 0.2) is 30.0 Å². The summed E-state index contributed by atoms with van der Waals surface area (Å²) >= 11 is 0. The van der Waals surface area contributed by atoms with E-state index in [1.165, 1.54) is 22.4 Å². The van der Waals surface area contributed by atoms with Gasteiger partial charge in [-0.25, -0.2) is 0 Å². The first-order valence-corrected chi connectivity index (χ1v) is 5.81. The van der Waals surface area contributed by atoms with E-state index in [2.05, 4.69) is 48.4 Å². The zero-order valence-electron chi connectivity index (χ0n) is 9.70. The molecule has 3 rings (SSSR count). The maximum absolute atomic E-state index is 4.56. The molecule has 0 saturated carbocycles. The first-order valence-electron chi connectivity index (χ1n) is 5.81. The highest BCUT2D eigenvalue weighted by atomic mass is 15.0. The van der Waals surface area contributed by atoms with Gasteiger partial charge in [0.25, 0.3) is 0 Å². The lowest BCUT2D eigenvalue weighted by Crippen LogP contribution is -2.35. The molecule has 0 amide bonds. The minimum atomic E-state index is 0.366. The second-order valence-corrected chi connectivity index (χ2v) is 4.65. The molecule has 2 unspecified atom stereocenters. The van der Waals surface area contributed by atoms with Crippen LogP contribution in [0, 0.1) is 12.8 Å². The Bertz CT molecular complexity index is 486. The summed E-state index contributed by atoms with van der Waals surface area (Å²) in [5.41, 5.74) is 5.27. The van der Waals surface area contributed by atoms with Crippen LogP contribution >= 0.6 is 0 Å². The standard InChI is InChI=1S/C14H16N2/c1-9-5-7-15-13-11(9)3-4-12-10(2)6-8-16-14(12)13/h3-7,12,14,16H,8H2,1-2H3. The fraction of sp³-hybridized carbons (Fsp3) is 0.357. The maximum Gasteiger partial charge on any atom is 0.0657 e. The van der Waals surface area contributed by atoms with Crippen LogP contribution in [0.4, 0.5) is 0 Å². The van der Waals surface area contributed by atoms with Crippen molar-refractivity contribution >= 4 is 6.08 Å². The third-order valence-electron chi connectivity index (χ3n) is 3.65. The summed E-state index contributed by atoms with van der Waals surface area (Å²) in [4.78, 5) is 4.56. The number of fused-ring (bicyclic) bond motifs is 3. The summed E-state index contributed by atoms with van der Waals surface area (Å²) in [5.74, 6) is 0.482. The Hall–Kier alpha value is -1.41. The molecule has 0 bridgehead atoms. The summed E-state index contributed by atoms with van der Waals surface area (Å²) in [6.07, 6.45) is 8.72. The smallest absolute Gasteiger partial charge is 0.0657 e. The van der Waals surface area contributed by atoms with Crippen LogP contribution in [0.25, 0.3) is 6.08 Å². The van der Waals surface area contributed by atoms with Crippen molar-refractivity contribution in [3.63, 3.8) is 0 Å². The normalized spacial score (nSPS) is 27.0. The molecule has 16 heavy (non-hydrogen) atoms. The van der Waals surface area contributed by atoms with Gasteiger partial charge in [-0.05, 0) is 25.5 Å². The largest absolute Gasteiger partial charge is 0.304 e. The number of hydrogen-bond donors (Lipinski definition) is 1. The molecule has 2 nitrogen and oxygen atoms in total. The lowest BCUT2D eigenvalue weighted by atomic mass is 9.81. The van der Waals surface area contributed by atoms with Crippen LogP contribution in [0.1, 0.15) is 29.8 Å². The topological polar surface area (TPSA) is 24.9 Å². The van der Waals surface area contributed by atoms with E-state index in [1.54, 1.807) is 0 Å². The predicted molar refractivity (Wildman–Crippen MR) is 66.0 cm³/mol. The van der Waals surface area contributed by atoms with Gasteiger partial charge in [-0.15, -0.1) is 0 Å². The summed E-state index contributed by atoms with van der Waals surface area (Å²) < 4.78 is 0. The Morgan fingerprint density at radius 3 is 3.12 bits per heavy atom. The molecule has 1 aromatic rings. The molecule has 2 aliphatic rings. The lowest BCUT2D eigenvalue weighted by molar-refractivity contribution is 0.444. The third kappa shape index (κ3) is 1.34. The molecule has 0 saturated heterocycles. The van der Waals surface area contributed by atoms with Crippen LogP contribution in [0.3, 0.4) is 0 Å². The van der Waals surface area contributed by atoms with Gasteiger partial charge in [-0.1, -0.05) is 23.8 Å². The van der Waals surface area contributed by atoms with E-state index in [4.69, 9.17) is 0 Å². The molecule has 82 valence electrons. The first kappa shape index (κ1) is 9.79. The average molecular weight is 212 g/mol. The van der Waals surface area contributed by atoms with Gasteiger partial charge in [0.15, 0.2) is 0 Å². The molecular formula is C14H16N2. The van der Waals surface area contributed by atoms with Crippen LogP contribution in [-0.4, -0.2) is 11.5 Å². The zero-order chi connectivity index (χ0) is 11.1. The van der Waals surface area contributed by atoms with Crippen molar-refractivity contribution in [2.24, 2.45) is 5.92 Å². The fourth-order valence-electron chi connectivity index (χ4n) is 2.66. The van der Waals surface area contributed by atoms with Gasteiger partial charge in [-0.2, -0.15) is 0 Å². The second kappa shape index (κ2) is 3.56. The zero-order valence-corrected chi connectivity index (χ0v) is 9.70. The van der Waals surface area contributed by atoms with Crippen molar-refractivity contribution in [3.05, 3.63) is 46.8 Å². The van der Waals surface area contributed by atoms with Gasteiger partial charge in [-0.3, -0.25) is 4.98 Å².